The van der Waals surface area contributed by atoms with Crippen molar-refractivity contribution >= 4 is 17.2 Å². The molecule has 0 nitrogen and oxygen atoms in total. The molecular weight excluding hydrogens is 228 g/mol. The highest BCUT2D eigenvalue weighted by molar-refractivity contribution is 6.06. The van der Waals surface area contributed by atoms with Gasteiger partial charge in [0, 0.05) is 0 Å². The van der Waals surface area contributed by atoms with Gasteiger partial charge in [0.2, 0.25) is 0 Å². The topological polar surface area (TPSA) is 0 Å². The first-order valence-electron chi connectivity index (χ1n) is 6.61. The summed E-state index contributed by atoms with van der Waals surface area (Å²) in [6, 6.07) is 4.37. The van der Waals surface area contributed by atoms with Crippen LogP contribution in [0.4, 0.5) is 0 Å². The van der Waals surface area contributed by atoms with E-state index >= 15 is 0 Å². The van der Waals surface area contributed by atoms with Gasteiger partial charge in [-0.25, -0.2) is 0 Å². The molecular formula is C19H20. The third-order valence-electron chi connectivity index (χ3n) is 3.54. The second-order valence-electron chi connectivity index (χ2n) is 4.73. The summed E-state index contributed by atoms with van der Waals surface area (Å²) in [6.45, 7) is 14.4. The van der Waals surface area contributed by atoms with Gasteiger partial charge in [0.05, 0.1) is 0 Å². The maximum Gasteiger partial charge on any atom is -0.00298 e. The van der Waals surface area contributed by atoms with Crippen molar-refractivity contribution in [3.05, 3.63) is 77.4 Å². The third-order valence-corrected chi connectivity index (χ3v) is 3.54. The van der Waals surface area contributed by atoms with Gasteiger partial charge < -0.3 is 0 Å². The summed E-state index contributed by atoms with van der Waals surface area (Å²) in [6.07, 6.45) is 10.4. The fourth-order valence-electron chi connectivity index (χ4n) is 2.68. The van der Waals surface area contributed by atoms with Crippen LogP contribution in [-0.2, 0) is 0 Å². The molecule has 0 fully saturated rings. The lowest BCUT2D eigenvalue weighted by atomic mass is 9.93. The summed E-state index contributed by atoms with van der Waals surface area (Å²) in [5.41, 5.74) is 8.51. The Morgan fingerprint density at radius 3 is 2.26 bits per heavy atom. The zero-order valence-corrected chi connectivity index (χ0v) is 12.0. The van der Waals surface area contributed by atoms with Crippen LogP contribution in [0.3, 0.4) is 0 Å². The predicted molar refractivity (Wildman–Crippen MR) is 86.9 cm³/mol. The number of hydrogen-bond donors (Lipinski definition) is 0. The van der Waals surface area contributed by atoms with E-state index in [0.29, 0.717) is 0 Å². The van der Waals surface area contributed by atoms with E-state index in [1.807, 2.05) is 19.9 Å². The number of benzene rings is 1. The van der Waals surface area contributed by atoms with E-state index in [1.165, 1.54) is 27.8 Å². The Balaban J connectivity index is 2.79. The van der Waals surface area contributed by atoms with Gasteiger partial charge in [-0.3, -0.25) is 0 Å². The monoisotopic (exact) mass is 248 g/mol. The lowest BCUT2D eigenvalue weighted by Gasteiger charge is -2.10. The Hall–Kier alpha value is -2.08. The Morgan fingerprint density at radius 2 is 1.68 bits per heavy atom. The minimum Gasteiger partial charge on any atom is -0.0984 e. The van der Waals surface area contributed by atoms with Crippen molar-refractivity contribution in [3.8, 4) is 0 Å². The van der Waals surface area contributed by atoms with Crippen molar-refractivity contribution in [1.82, 2.24) is 0 Å². The van der Waals surface area contributed by atoms with Gasteiger partial charge in [0.15, 0.2) is 0 Å². The van der Waals surface area contributed by atoms with Crippen molar-refractivity contribution < 1.29 is 0 Å². The van der Waals surface area contributed by atoms with E-state index in [1.54, 1.807) is 0 Å². The van der Waals surface area contributed by atoms with Gasteiger partial charge in [0.25, 0.3) is 0 Å². The zero-order valence-electron chi connectivity index (χ0n) is 12.0. The molecule has 0 atom stereocenters. The van der Waals surface area contributed by atoms with Crippen molar-refractivity contribution in [1.29, 1.82) is 0 Å². The van der Waals surface area contributed by atoms with E-state index in [4.69, 9.17) is 0 Å². The molecule has 1 aromatic carbocycles. The third kappa shape index (κ3) is 2.04. The largest absolute Gasteiger partial charge is 0.0984 e. The molecule has 0 bridgehead atoms. The number of hydrogen-bond acceptors (Lipinski definition) is 0. The highest BCUT2D eigenvalue weighted by atomic mass is 14.3. The molecule has 1 aliphatic rings. The van der Waals surface area contributed by atoms with E-state index in [9.17, 15) is 0 Å². The first-order valence-corrected chi connectivity index (χ1v) is 6.61. The Morgan fingerprint density at radius 1 is 1.00 bits per heavy atom. The second-order valence-corrected chi connectivity index (χ2v) is 4.73. The minimum atomic E-state index is 1.08. The highest BCUT2D eigenvalue weighted by Crippen LogP contribution is 2.44. The summed E-state index contributed by atoms with van der Waals surface area (Å²) in [5.74, 6) is 0. The molecule has 0 unspecified atom stereocenters. The lowest BCUT2D eigenvalue weighted by molar-refractivity contribution is 1.41. The average Bonchev–Trinajstić information content (AvgIpc) is 2.66. The van der Waals surface area contributed by atoms with Crippen LogP contribution in [0, 0.1) is 6.92 Å². The van der Waals surface area contributed by atoms with Crippen molar-refractivity contribution in [2.24, 2.45) is 0 Å². The average molecular weight is 248 g/mol. The van der Waals surface area contributed by atoms with Crippen molar-refractivity contribution in [2.75, 3.05) is 0 Å². The Bertz CT molecular complexity index is 634. The molecule has 1 aliphatic carbocycles. The molecule has 96 valence electrons. The second kappa shape index (κ2) is 5.27. The van der Waals surface area contributed by atoms with Gasteiger partial charge in [-0.05, 0) is 59.7 Å². The molecule has 0 saturated heterocycles. The molecule has 0 amide bonds. The van der Waals surface area contributed by atoms with Crippen LogP contribution in [0.25, 0.3) is 17.2 Å². The normalized spacial score (nSPS) is 14.8. The predicted octanol–water partition coefficient (Wildman–Crippen LogP) is 5.57. The summed E-state index contributed by atoms with van der Waals surface area (Å²) in [4.78, 5) is 0. The van der Waals surface area contributed by atoms with Crippen LogP contribution in [0.15, 0.2) is 55.2 Å². The van der Waals surface area contributed by atoms with Crippen molar-refractivity contribution in [2.45, 2.75) is 20.8 Å². The zero-order chi connectivity index (χ0) is 14.0. The molecule has 1 aromatic rings. The maximum atomic E-state index is 4.27. The van der Waals surface area contributed by atoms with E-state index < -0.39 is 0 Å². The van der Waals surface area contributed by atoms with E-state index in [-0.39, 0.29) is 0 Å². The Kier molecular flexibility index (Phi) is 3.71. The van der Waals surface area contributed by atoms with Crippen molar-refractivity contribution in [3.63, 3.8) is 0 Å². The summed E-state index contributed by atoms with van der Waals surface area (Å²) in [7, 11) is 0. The quantitative estimate of drug-likeness (QED) is 0.656. The Labute approximate surface area is 116 Å². The summed E-state index contributed by atoms with van der Waals surface area (Å²) >= 11 is 0. The summed E-state index contributed by atoms with van der Waals surface area (Å²) in [5, 5.41) is 0. The maximum absolute atomic E-state index is 4.27. The van der Waals surface area contributed by atoms with E-state index in [0.717, 1.165) is 11.1 Å². The van der Waals surface area contributed by atoms with Crippen LogP contribution in [0.5, 0.6) is 0 Å². The first-order chi connectivity index (χ1) is 9.15. The molecule has 0 heteroatoms. The minimum absolute atomic E-state index is 1.08. The molecule has 0 radical (unpaired) electrons. The molecule has 0 aliphatic heterocycles. The van der Waals surface area contributed by atoms with Gasteiger partial charge in [-0.2, -0.15) is 0 Å². The van der Waals surface area contributed by atoms with Gasteiger partial charge in [-0.1, -0.05) is 55.7 Å². The molecule has 2 rings (SSSR count). The van der Waals surface area contributed by atoms with Gasteiger partial charge in [0.1, 0.15) is 0 Å². The molecule has 19 heavy (non-hydrogen) atoms. The number of aryl methyl sites for hydroxylation is 1. The van der Waals surface area contributed by atoms with Gasteiger partial charge >= 0.3 is 0 Å². The lowest BCUT2D eigenvalue weighted by Crippen LogP contribution is -1.92. The fourth-order valence-corrected chi connectivity index (χ4v) is 2.68. The smallest absolute Gasteiger partial charge is 0.00298 e. The van der Waals surface area contributed by atoms with Crippen LogP contribution >= 0.6 is 0 Å². The fraction of sp³-hybridized carbons (Fsp3) is 0.158. The first kappa shape index (κ1) is 13.4. The van der Waals surface area contributed by atoms with Crippen LogP contribution in [0.1, 0.15) is 36.1 Å². The molecule has 0 spiro atoms. The number of allylic oxidation sites excluding steroid dienone is 7. The molecule has 0 N–H and O–H groups in total. The van der Waals surface area contributed by atoms with Gasteiger partial charge in [-0.15, -0.1) is 0 Å². The van der Waals surface area contributed by atoms with E-state index in [2.05, 4.69) is 56.5 Å². The summed E-state index contributed by atoms with van der Waals surface area (Å²) < 4.78 is 0. The molecule has 0 aromatic heterocycles. The van der Waals surface area contributed by atoms with Crippen LogP contribution < -0.4 is 0 Å². The molecule has 0 heterocycles. The number of rotatable bonds is 3. The van der Waals surface area contributed by atoms with Crippen LogP contribution in [0.2, 0.25) is 0 Å². The molecule has 0 saturated carbocycles. The van der Waals surface area contributed by atoms with Crippen LogP contribution in [-0.4, -0.2) is 0 Å². The highest BCUT2D eigenvalue weighted by Gasteiger charge is 2.24. The SMILES string of the molecule is C=CC1=C(/C=C\C)c2ccc(C)c(/C=C\C)c2C1=C. The number of fused-ring (bicyclic) bond motifs is 1. The standard InChI is InChI=1S/C19H20/c1-6-9-16-13(4)11-12-18-17(10-7-2)15(8-3)14(5)19(16)18/h6-12H,3,5H2,1-2,4H3/b9-6-,10-7-.